The molecule has 0 aliphatic carbocycles. The molecule has 0 aliphatic rings. The van der Waals surface area contributed by atoms with Gasteiger partial charge in [-0.2, -0.15) is 5.10 Å². The normalized spacial score (nSPS) is 11.4. The predicted molar refractivity (Wildman–Crippen MR) is 145 cm³/mol. The predicted octanol–water partition coefficient (Wildman–Crippen LogP) is 4.89. The first kappa shape index (κ1) is 23.4. The van der Waals surface area contributed by atoms with E-state index < -0.39 is 5.82 Å². The first-order valence-electron chi connectivity index (χ1n) is 12.0. The number of aromatic nitrogens is 5. The molecule has 0 radical (unpaired) electrons. The molecule has 0 atom stereocenters. The Morgan fingerprint density at radius 3 is 2.55 bits per heavy atom. The van der Waals surface area contributed by atoms with Gasteiger partial charge in [-0.25, -0.2) is 19.0 Å². The Bertz CT molecular complexity index is 1940. The van der Waals surface area contributed by atoms with Crippen LogP contribution < -0.4 is 11.3 Å². The van der Waals surface area contributed by atoms with E-state index in [1.165, 1.54) is 17.0 Å². The number of aryl methyl sites for hydroxylation is 2. The van der Waals surface area contributed by atoms with Gasteiger partial charge in [0.1, 0.15) is 29.4 Å². The molecule has 8 nitrogen and oxygen atoms in total. The molecule has 0 saturated heterocycles. The Morgan fingerprint density at radius 2 is 1.76 bits per heavy atom. The first-order valence-corrected chi connectivity index (χ1v) is 12.0. The molecule has 0 spiro atoms. The number of nitrogen functional groups attached to an aromatic ring is 1. The van der Waals surface area contributed by atoms with Crippen LogP contribution in [0.25, 0.3) is 38.8 Å². The Labute approximate surface area is 216 Å². The van der Waals surface area contributed by atoms with Crippen LogP contribution in [0.15, 0.2) is 77.9 Å². The van der Waals surface area contributed by atoms with E-state index in [9.17, 15) is 9.90 Å². The molecule has 3 heterocycles. The van der Waals surface area contributed by atoms with Gasteiger partial charge < -0.3 is 10.8 Å². The number of pyridine rings is 1. The molecule has 38 heavy (non-hydrogen) atoms. The maximum absolute atomic E-state index is 15.0. The quantitative estimate of drug-likeness (QED) is 0.352. The van der Waals surface area contributed by atoms with Crippen LogP contribution >= 0.6 is 0 Å². The molecule has 0 saturated carbocycles. The SMILES string of the molecule is Cc1ccc(-c2nn(Cc3cc4cccc(C)c4c(=O)n3-c3ccccc3F)c3ncnc(N)c23)cc1O. The number of fused-ring (bicyclic) bond motifs is 2. The number of para-hydroxylation sites is 1. The number of halogens is 1. The molecule has 0 unspecified atom stereocenters. The number of hydrogen-bond acceptors (Lipinski definition) is 6. The first-order chi connectivity index (χ1) is 18.3. The van der Waals surface area contributed by atoms with Crippen molar-refractivity contribution in [1.29, 1.82) is 0 Å². The number of benzene rings is 3. The van der Waals surface area contributed by atoms with Crippen molar-refractivity contribution in [3.05, 3.63) is 106 Å². The van der Waals surface area contributed by atoms with E-state index in [1.54, 1.807) is 41.9 Å². The zero-order valence-electron chi connectivity index (χ0n) is 20.7. The third kappa shape index (κ3) is 3.67. The summed E-state index contributed by atoms with van der Waals surface area (Å²) < 4.78 is 18.0. The van der Waals surface area contributed by atoms with E-state index in [0.29, 0.717) is 33.4 Å². The molecule has 0 aliphatic heterocycles. The molecule has 9 heteroatoms. The van der Waals surface area contributed by atoms with Gasteiger partial charge in [0.05, 0.1) is 23.0 Å². The van der Waals surface area contributed by atoms with Gasteiger partial charge in [-0.15, -0.1) is 0 Å². The molecule has 0 fully saturated rings. The summed E-state index contributed by atoms with van der Waals surface area (Å²) in [7, 11) is 0. The Balaban J connectivity index is 1.62. The lowest BCUT2D eigenvalue weighted by molar-refractivity contribution is 0.471. The van der Waals surface area contributed by atoms with Crippen molar-refractivity contribution in [1.82, 2.24) is 24.3 Å². The van der Waals surface area contributed by atoms with Crippen molar-refractivity contribution in [3.63, 3.8) is 0 Å². The highest BCUT2D eigenvalue weighted by molar-refractivity contribution is 5.98. The van der Waals surface area contributed by atoms with Crippen molar-refractivity contribution in [3.8, 4) is 22.7 Å². The maximum Gasteiger partial charge on any atom is 0.263 e. The second-order valence-corrected chi connectivity index (χ2v) is 9.23. The topological polar surface area (TPSA) is 112 Å². The lowest BCUT2D eigenvalue weighted by Gasteiger charge is -2.16. The zero-order valence-corrected chi connectivity index (χ0v) is 20.7. The van der Waals surface area contributed by atoms with Crippen LogP contribution in [0, 0.1) is 19.7 Å². The smallest absolute Gasteiger partial charge is 0.263 e. The number of nitrogens with two attached hydrogens (primary N) is 1. The minimum Gasteiger partial charge on any atom is -0.508 e. The lowest BCUT2D eigenvalue weighted by Crippen LogP contribution is -2.25. The molecule has 3 N–H and O–H groups in total. The Morgan fingerprint density at radius 1 is 0.947 bits per heavy atom. The molecule has 3 aromatic heterocycles. The van der Waals surface area contributed by atoms with Crippen LogP contribution in [0.3, 0.4) is 0 Å². The van der Waals surface area contributed by atoms with Gasteiger partial charge >= 0.3 is 0 Å². The van der Waals surface area contributed by atoms with Crippen molar-refractivity contribution < 1.29 is 9.50 Å². The minimum absolute atomic E-state index is 0.0955. The highest BCUT2D eigenvalue weighted by Gasteiger charge is 2.21. The summed E-state index contributed by atoms with van der Waals surface area (Å²) in [6, 6.07) is 18.9. The minimum atomic E-state index is -0.517. The number of aromatic hydroxyl groups is 1. The number of nitrogens with zero attached hydrogens (tertiary/aromatic N) is 5. The molecule has 0 amide bonds. The fraction of sp³-hybridized carbons (Fsp3) is 0.103. The van der Waals surface area contributed by atoms with Crippen LogP contribution in [0.4, 0.5) is 10.2 Å². The van der Waals surface area contributed by atoms with Gasteiger partial charge in [0.2, 0.25) is 0 Å². The summed E-state index contributed by atoms with van der Waals surface area (Å²) in [4.78, 5) is 22.4. The van der Waals surface area contributed by atoms with Crippen molar-refractivity contribution in [2.45, 2.75) is 20.4 Å². The summed E-state index contributed by atoms with van der Waals surface area (Å²) in [6.07, 6.45) is 1.35. The lowest BCUT2D eigenvalue weighted by atomic mass is 10.1. The summed E-state index contributed by atoms with van der Waals surface area (Å²) >= 11 is 0. The van der Waals surface area contributed by atoms with Crippen LogP contribution in [0.2, 0.25) is 0 Å². The number of anilines is 1. The van der Waals surface area contributed by atoms with Crippen LogP contribution in [0.5, 0.6) is 5.75 Å². The summed E-state index contributed by atoms with van der Waals surface area (Å²) in [5.41, 5.74) is 9.69. The molecule has 188 valence electrons. The van der Waals surface area contributed by atoms with Gasteiger partial charge in [-0.05, 0) is 54.6 Å². The van der Waals surface area contributed by atoms with Crippen LogP contribution in [0.1, 0.15) is 16.8 Å². The van der Waals surface area contributed by atoms with E-state index in [-0.39, 0.29) is 29.4 Å². The highest BCUT2D eigenvalue weighted by Crippen LogP contribution is 2.33. The average molecular weight is 507 g/mol. The molecular formula is C29H23FN6O2. The van der Waals surface area contributed by atoms with Gasteiger partial charge in [0, 0.05) is 11.3 Å². The van der Waals surface area contributed by atoms with E-state index in [0.717, 1.165) is 16.5 Å². The molecule has 6 rings (SSSR count). The second kappa shape index (κ2) is 8.81. The molecule has 0 bridgehead atoms. The number of hydrogen-bond donors (Lipinski definition) is 2. The third-order valence-electron chi connectivity index (χ3n) is 6.78. The van der Waals surface area contributed by atoms with E-state index in [4.69, 9.17) is 10.8 Å². The summed E-state index contributed by atoms with van der Waals surface area (Å²) in [5.74, 6) is -0.160. The molecular weight excluding hydrogens is 483 g/mol. The second-order valence-electron chi connectivity index (χ2n) is 9.23. The zero-order chi connectivity index (χ0) is 26.6. The van der Waals surface area contributed by atoms with Crippen molar-refractivity contribution in [2.24, 2.45) is 0 Å². The number of phenols is 1. The maximum atomic E-state index is 15.0. The number of rotatable bonds is 4. The standard InChI is InChI=1S/C29H23FN6O2/c1-16-10-11-19(13-23(16)37)26-25-27(31)32-15-33-28(25)35(34-26)14-20-12-18-7-5-6-17(2)24(18)29(38)36(20)22-9-4-3-8-21(22)30/h3-13,15,37H,14H2,1-2H3,(H2,31,32,33). The summed E-state index contributed by atoms with van der Waals surface area (Å²) in [6.45, 7) is 3.76. The Kier molecular flexibility index (Phi) is 5.41. The van der Waals surface area contributed by atoms with Gasteiger partial charge in [0.25, 0.3) is 5.56 Å². The molecule has 6 aromatic rings. The average Bonchev–Trinajstić information content (AvgIpc) is 3.26. The highest BCUT2D eigenvalue weighted by atomic mass is 19.1. The fourth-order valence-electron chi connectivity index (χ4n) is 4.86. The fourth-order valence-corrected chi connectivity index (χ4v) is 4.86. The van der Waals surface area contributed by atoms with Crippen LogP contribution in [-0.4, -0.2) is 29.4 Å². The van der Waals surface area contributed by atoms with Gasteiger partial charge in [-0.3, -0.25) is 9.36 Å². The monoisotopic (exact) mass is 506 g/mol. The van der Waals surface area contributed by atoms with E-state index in [2.05, 4.69) is 9.97 Å². The van der Waals surface area contributed by atoms with Crippen molar-refractivity contribution in [2.75, 3.05) is 5.73 Å². The number of phenolic OH excluding ortho intramolecular Hbond substituents is 1. The van der Waals surface area contributed by atoms with E-state index >= 15 is 4.39 Å². The van der Waals surface area contributed by atoms with Gasteiger partial charge in [-0.1, -0.05) is 42.5 Å². The van der Waals surface area contributed by atoms with Crippen LogP contribution in [-0.2, 0) is 6.54 Å². The third-order valence-corrected chi connectivity index (χ3v) is 6.78. The Hall–Kier alpha value is -5.05. The van der Waals surface area contributed by atoms with Crippen molar-refractivity contribution >= 4 is 27.6 Å². The largest absolute Gasteiger partial charge is 0.508 e. The van der Waals surface area contributed by atoms with E-state index in [1.807, 2.05) is 37.3 Å². The molecule has 3 aromatic carbocycles. The van der Waals surface area contributed by atoms with Gasteiger partial charge in [0.15, 0.2) is 5.65 Å². The summed E-state index contributed by atoms with van der Waals surface area (Å²) in [5, 5.41) is 16.9.